The molecule has 0 aliphatic rings. The van der Waals surface area contributed by atoms with Crippen molar-refractivity contribution in [2.75, 3.05) is 6.61 Å². The minimum atomic E-state index is -4.94. The molecule has 1 N–H and O–H groups in total. The van der Waals surface area contributed by atoms with Gasteiger partial charge in [-0.05, 0) is 35.4 Å². The van der Waals surface area contributed by atoms with E-state index in [0.29, 0.717) is 0 Å². The van der Waals surface area contributed by atoms with Crippen LogP contribution in [0.2, 0.25) is 0 Å². The molecule has 1 aromatic heterocycles. The highest BCUT2D eigenvalue weighted by Crippen LogP contribution is 2.30. The molecule has 0 spiro atoms. The van der Waals surface area contributed by atoms with E-state index in [9.17, 15) is 25.3 Å². The molecule has 12 nitrogen and oxygen atoms in total. The van der Waals surface area contributed by atoms with Crippen molar-refractivity contribution >= 4 is 11.4 Å². The number of non-ortho nitro benzene ring substituents is 2. The summed E-state index contributed by atoms with van der Waals surface area (Å²) in [5.41, 5.74) is 4.86. The number of nitro groups is 2. The van der Waals surface area contributed by atoms with Crippen LogP contribution in [-0.4, -0.2) is 21.6 Å². The first-order valence-electron chi connectivity index (χ1n) is 10.8. The number of rotatable bonds is 7. The van der Waals surface area contributed by atoms with Gasteiger partial charge in [0.05, 0.1) is 9.85 Å². The summed E-state index contributed by atoms with van der Waals surface area (Å²) in [5.74, 6) is 0. The zero-order valence-corrected chi connectivity index (χ0v) is 20.3. The SMILES string of the molecule is O=[N+]([O-])c1ccc(-c2cc(-c3ccccc3)cc(-c3ccc([N+](=O)[O-])cc3)[n+]2CCO)cc1.[O-][Cl+3]([O-])([O-])[O-]. The molecule has 0 amide bonds. The molecule has 0 saturated carbocycles. The molecule has 1 heterocycles. The summed E-state index contributed by atoms with van der Waals surface area (Å²) in [5, 5.41) is 32.0. The summed E-state index contributed by atoms with van der Waals surface area (Å²) in [6, 6.07) is 26.2. The van der Waals surface area contributed by atoms with Crippen LogP contribution in [0.1, 0.15) is 0 Å². The van der Waals surface area contributed by atoms with E-state index in [0.717, 1.165) is 33.6 Å². The Morgan fingerprint density at radius 1 is 0.632 bits per heavy atom. The van der Waals surface area contributed by atoms with Crippen molar-refractivity contribution < 1.29 is 48.4 Å². The van der Waals surface area contributed by atoms with Gasteiger partial charge in [0.2, 0.25) is 11.4 Å². The number of hydrogen-bond donors (Lipinski definition) is 1. The topological polar surface area (TPSA) is 203 Å². The Bertz CT molecular complexity index is 1320. The van der Waals surface area contributed by atoms with Crippen LogP contribution >= 0.6 is 0 Å². The number of aromatic nitrogens is 1. The summed E-state index contributed by atoms with van der Waals surface area (Å²) >= 11 is 0. The minimum Gasteiger partial charge on any atom is -0.390 e. The molecule has 4 aromatic rings. The van der Waals surface area contributed by atoms with Crippen molar-refractivity contribution in [3.8, 4) is 33.6 Å². The Hall–Kier alpha value is -4.30. The highest BCUT2D eigenvalue weighted by molar-refractivity contribution is 5.74. The Morgan fingerprint density at radius 2 is 1.03 bits per heavy atom. The molecule has 0 fully saturated rings. The maximum atomic E-state index is 11.1. The molecule has 3 aromatic carbocycles. The molecule has 0 radical (unpaired) electrons. The second kappa shape index (κ2) is 12.3. The first kappa shape index (κ1) is 28.3. The zero-order valence-electron chi connectivity index (χ0n) is 19.5. The van der Waals surface area contributed by atoms with E-state index in [1.165, 1.54) is 24.3 Å². The lowest BCUT2D eigenvalue weighted by atomic mass is 9.98. The fraction of sp³-hybridized carbons (Fsp3) is 0.0800. The van der Waals surface area contributed by atoms with Crippen molar-refractivity contribution in [3.63, 3.8) is 0 Å². The predicted octanol–water partition coefficient (Wildman–Crippen LogP) is 0.0278. The average Bonchev–Trinajstić information content (AvgIpc) is 2.88. The molecule has 0 aliphatic heterocycles. The highest BCUT2D eigenvalue weighted by atomic mass is 35.7. The van der Waals surface area contributed by atoms with Crippen LogP contribution in [0, 0.1) is 30.5 Å². The number of halogens is 1. The van der Waals surface area contributed by atoms with Gasteiger partial charge < -0.3 is 5.11 Å². The third-order valence-corrected chi connectivity index (χ3v) is 5.34. The fourth-order valence-corrected chi connectivity index (χ4v) is 3.75. The highest BCUT2D eigenvalue weighted by Gasteiger charge is 2.23. The summed E-state index contributed by atoms with van der Waals surface area (Å²) in [4.78, 5) is 21.3. The Morgan fingerprint density at radius 3 is 1.37 bits per heavy atom. The third kappa shape index (κ3) is 7.60. The zero-order chi connectivity index (χ0) is 27.9. The van der Waals surface area contributed by atoms with Crippen molar-refractivity contribution in [3.05, 3.63) is 111 Å². The molecule has 0 atom stereocenters. The smallest absolute Gasteiger partial charge is 0.269 e. The van der Waals surface area contributed by atoms with Crippen molar-refractivity contribution in [1.82, 2.24) is 0 Å². The van der Waals surface area contributed by atoms with E-state index in [1.807, 2.05) is 47.0 Å². The van der Waals surface area contributed by atoms with Gasteiger partial charge in [-0.15, -0.1) is 10.2 Å². The molecule has 38 heavy (non-hydrogen) atoms. The predicted molar refractivity (Wildman–Crippen MR) is 123 cm³/mol. The molecule has 0 unspecified atom stereocenters. The fourth-order valence-electron chi connectivity index (χ4n) is 3.75. The quantitative estimate of drug-likeness (QED) is 0.190. The molecule has 13 heteroatoms. The average molecular weight is 542 g/mol. The monoisotopic (exact) mass is 541 g/mol. The first-order chi connectivity index (χ1) is 18.0. The second-order valence-electron chi connectivity index (χ2n) is 7.74. The summed E-state index contributed by atoms with van der Waals surface area (Å²) in [6.07, 6.45) is 0. The lowest BCUT2D eigenvalue weighted by Gasteiger charge is -2.17. The van der Waals surface area contributed by atoms with Crippen LogP contribution in [0.3, 0.4) is 0 Å². The van der Waals surface area contributed by atoms with Gasteiger partial charge in [0.15, 0.2) is 6.54 Å². The summed E-state index contributed by atoms with van der Waals surface area (Å²) in [6.45, 7) is 0.142. The summed E-state index contributed by atoms with van der Waals surface area (Å²) in [7, 11) is -4.94. The summed E-state index contributed by atoms with van der Waals surface area (Å²) < 4.78 is 35.9. The number of nitro benzene ring substituents is 2. The standard InChI is InChI=1S/C25H20N3O5.ClHO4/c29-15-14-26-24(19-6-10-22(11-7-19)27(30)31)16-21(18-4-2-1-3-5-18)17-25(26)20-8-12-23(13-9-20)28(32)33;2-1(3,4)5/h1-13,16-17,29H,14-15H2;(H,2,3,4,5)/q+1;/p-1. The normalized spacial score (nSPS) is 10.9. The molecule has 0 bridgehead atoms. The van der Waals surface area contributed by atoms with E-state index in [4.69, 9.17) is 18.6 Å². The van der Waals surface area contributed by atoms with Crippen LogP contribution in [0.4, 0.5) is 11.4 Å². The third-order valence-electron chi connectivity index (χ3n) is 5.34. The van der Waals surface area contributed by atoms with Gasteiger partial charge in [-0.3, -0.25) is 20.2 Å². The van der Waals surface area contributed by atoms with Gasteiger partial charge >= 0.3 is 0 Å². The largest absolute Gasteiger partial charge is 0.390 e. The van der Waals surface area contributed by atoms with E-state index in [-0.39, 0.29) is 24.5 Å². The van der Waals surface area contributed by atoms with Crippen LogP contribution in [0.15, 0.2) is 91.0 Å². The molecule has 196 valence electrons. The van der Waals surface area contributed by atoms with Gasteiger partial charge in [0, 0.05) is 47.5 Å². The molecule has 4 rings (SSSR count). The molecule has 0 aliphatic carbocycles. The Labute approximate surface area is 218 Å². The Kier molecular flexibility index (Phi) is 9.15. The number of benzene rings is 3. The van der Waals surface area contributed by atoms with Crippen LogP contribution in [-0.2, 0) is 6.54 Å². The lowest BCUT2D eigenvalue weighted by molar-refractivity contribution is -2.00. The van der Waals surface area contributed by atoms with Crippen LogP contribution in [0.25, 0.3) is 33.6 Å². The lowest BCUT2D eigenvalue weighted by Crippen LogP contribution is -2.68. The van der Waals surface area contributed by atoms with E-state index in [1.54, 1.807) is 24.3 Å². The number of aliphatic hydroxyl groups is 1. The molecular formula is C25H20ClN3O9. The number of nitrogens with zero attached hydrogens (tertiary/aromatic N) is 3. The van der Waals surface area contributed by atoms with Gasteiger partial charge in [0.25, 0.3) is 11.4 Å². The maximum Gasteiger partial charge on any atom is 0.269 e. The van der Waals surface area contributed by atoms with Gasteiger partial charge in [-0.1, -0.05) is 30.3 Å². The first-order valence-corrected chi connectivity index (χ1v) is 12.1. The van der Waals surface area contributed by atoms with E-state index < -0.39 is 20.1 Å². The van der Waals surface area contributed by atoms with Gasteiger partial charge in [-0.25, -0.2) is 18.6 Å². The van der Waals surface area contributed by atoms with Crippen molar-refractivity contribution in [2.24, 2.45) is 0 Å². The molecule has 0 saturated heterocycles. The number of hydrogen-bond acceptors (Lipinski definition) is 9. The Balaban J connectivity index is 0.000000732. The second-order valence-corrected chi connectivity index (χ2v) is 8.50. The van der Waals surface area contributed by atoms with Crippen molar-refractivity contribution in [2.45, 2.75) is 6.54 Å². The maximum absolute atomic E-state index is 11.1. The van der Waals surface area contributed by atoms with E-state index in [2.05, 4.69) is 0 Å². The number of aliphatic hydroxyl groups excluding tert-OH is 1. The van der Waals surface area contributed by atoms with Crippen LogP contribution in [0.5, 0.6) is 0 Å². The van der Waals surface area contributed by atoms with Gasteiger partial charge in [-0.2, -0.15) is 4.57 Å². The van der Waals surface area contributed by atoms with Crippen LogP contribution < -0.4 is 23.2 Å². The minimum absolute atomic E-state index is 0.0118. The van der Waals surface area contributed by atoms with Crippen molar-refractivity contribution in [1.29, 1.82) is 0 Å². The van der Waals surface area contributed by atoms with Gasteiger partial charge in [0.1, 0.15) is 6.61 Å². The molecular weight excluding hydrogens is 522 g/mol. The number of pyridine rings is 1. The van der Waals surface area contributed by atoms with E-state index >= 15 is 0 Å².